The van der Waals surface area contributed by atoms with Crippen LogP contribution in [0.5, 0.6) is 0 Å². The van der Waals surface area contributed by atoms with Crippen molar-refractivity contribution in [2.45, 2.75) is 50.7 Å². The van der Waals surface area contributed by atoms with Gasteiger partial charge < -0.3 is 9.64 Å². The average Bonchev–Trinajstić information content (AvgIpc) is 2.91. The number of benzene rings is 1. The molecule has 6 nitrogen and oxygen atoms in total. The lowest BCUT2D eigenvalue weighted by Crippen LogP contribution is -2.58. The molecule has 0 radical (unpaired) electrons. The van der Waals surface area contributed by atoms with Gasteiger partial charge in [-0.1, -0.05) is 12.8 Å². The Morgan fingerprint density at radius 2 is 2.00 bits per heavy atom. The minimum Gasteiger partial charge on any atom is -0.365 e. The van der Waals surface area contributed by atoms with E-state index in [0.717, 1.165) is 25.7 Å². The summed E-state index contributed by atoms with van der Waals surface area (Å²) in [6.07, 6.45) is 4.27. The molecule has 0 unspecified atom stereocenters. The highest BCUT2D eigenvalue weighted by atomic mass is 16.6. The van der Waals surface area contributed by atoms with Crippen molar-refractivity contribution in [3.8, 4) is 6.07 Å². The van der Waals surface area contributed by atoms with E-state index in [4.69, 9.17) is 10.00 Å². The number of nitro groups is 1. The molecule has 2 aliphatic rings. The number of rotatable bonds is 2. The van der Waals surface area contributed by atoms with Crippen LogP contribution in [0.4, 0.5) is 11.4 Å². The van der Waals surface area contributed by atoms with Crippen molar-refractivity contribution >= 4 is 11.4 Å². The van der Waals surface area contributed by atoms with Crippen LogP contribution < -0.4 is 4.90 Å². The Bertz CT molecular complexity index is 672. The fourth-order valence-electron chi connectivity index (χ4n) is 3.97. The summed E-state index contributed by atoms with van der Waals surface area (Å²) < 4.78 is 6.36. The van der Waals surface area contributed by atoms with Gasteiger partial charge in [-0.15, -0.1) is 0 Å². The number of nitro benzene ring substituents is 1. The van der Waals surface area contributed by atoms with E-state index in [1.54, 1.807) is 12.1 Å². The van der Waals surface area contributed by atoms with Crippen molar-refractivity contribution in [1.82, 2.24) is 0 Å². The van der Waals surface area contributed by atoms with Crippen LogP contribution in [0.3, 0.4) is 0 Å². The smallest absolute Gasteiger partial charge is 0.293 e. The number of hydrogen-bond acceptors (Lipinski definition) is 5. The van der Waals surface area contributed by atoms with Crippen LogP contribution in [0.15, 0.2) is 18.2 Å². The molecule has 1 aromatic rings. The van der Waals surface area contributed by atoms with Crippen LogP contribution in [0.2, 0.25) is 0 Å². The van der Waals surface area contributed by atoms with E-state index in [0.29, 0.717) is 24.3 Å². The van der Waals surface area contributed by atoms with Gasteiger partial charge in [0, 0.05) is 19.2 Å². The van der Waals surface area contributed by atoms with Crippen molar-refractivity contribution in [3.05, 3.63) is 33.9 Å². The summed E-state index contributed by atoms with van der Waals surface area (Å²) in [7, 11) is 0. The lowest BCUT2D eigenvalue weighted by atomic mass is 9.93. The summed E-state index contributed by atoms with van der Waals surface area (Å²) in [4.78, 5) is 13.1. The first kappa shape index (κ1) is 15.8. The molecule has 0 aromatic heterocycles. The third kappa shape index (κ3) is 3.02. The van der Waals surface area contributed by atoms with E-state index < -0.39 is 4.92 Å². The molecule has 0 bridgehead atoms. The molecule has 1 aliphatic carbocycles. The highest BCUT2D eigenvalue weighted by Crippen LogP contribution is 2.43. The highest BCUT2D eigenvalue weighted by molar-refractivity contribution is 5.66. The Morgan fingerprint density at radius 1 is 1.30 bits per heavy atom. The molecule has 1 saturated heterocycles. The molecule has 0 atom stereocenters. The average molecular weight is 315 g/mol. The third-order valence-corrected chi connectivity index (χ3v) is 4.70. The standard InChI is InChI=1S/C17H21N3O3/c1-16(2)11-19(12-17(23-16)7-3-4-8-17)14-6-5-13(10-18)9-15(14)20(21)22/h5-6,9H,3-4,7-8,11-12H2,1-2H3. The maximum absolute atomic E-state index is 11.4. The number of nitriles is 1. The number of morpholine rings is 1. The summed E-state index contributed by atoms with van der Waals surface area (Å²) in [6.45, 7) is 5.34. The largest absolute Gasteiger partial charge is 0.365 e. The quantitative estimate of drug-likeness (QED) is 0.617. The summed E-state index contributed by atoms with van der Waals surface area (Å²) in [5.74, 6) is 0. The Labute approximate surface area is 135 Å². The lowest BCUT2D eigenvalue weighted by Gasteiger charge is -2.49. The fraction of sp³-hybridized carbons (Fsp3) is 0.588. The molecule has 6 heteroatoms. The maximum Gasteiger partial charge on any atom is 0.293 e. The van der Waals surface area contributed by atoms with Crippen molar-refractivity contribution in [2.24, 2.45) is 0 Å². The maximum atomic E-state index is 11.4. The first-order valence-electron chi connectivity index (χ1n) is 7.98. The number of anilines is 1. The molecular formula is C17H21N3O3. The van der Waals surface area contributed by atoms with Crippen molar-refractivity contribution in [1.29, 1.82) is 5.26 Å². The molecule has 122 valence electrons. The second-order valence-electron chi connectivity index (χ2n) is 7.18. The zero-order valence-corrected chi connectivity index (χ0v) is 13.5. The minimum atomic E-state index is -0.403. The van der Waals surface area contributed by atoms with E-state index in [1.165, 1.54) is 6.07 Å². The SMILES string of the molecule is CC1(C)CN(c2ccc(C#N)cc2[N+](=O)[O-])CC2(CCCC2)O1. The van der Waals surface area contributed by atoms with Gasteiger partial charge in [0.2, 0.25) is 0 Å². The zero-order valence-electron chi connectivity index (χ0n) is 13.5. The molecular weight excluding hydrogens is 294 g/mol. The predicted molar refractivity (Wildman–Crippen MR) is 86.4 cm³/mol. The molecule has 1 aliphatic heterocycles. The molecule has 1 saturated carbocycles. The van der Waals surface area contributed by atoms with E-state index in [2.05, 4.69) is 4.90 Å². The highest BCUT2D eigenvalue weighted by Gasteiger charge is 2.46. The van der Waals surface area contributed by atoms with Gasteiger partial charge in [0.25, 0.3) is 5.69 Å². The molecule has 1 heterocycles. The first-order chi connectivity index (χ1) is 10.8. The lowest BCUT2D eigenvalue weighted by molar-refractivity contribution is -0.384. The first-order valence-corrected chi connectivity index (χ1v) is 7.98. The van der Waals surface area contributed by atoms with Crippen molar-refractivity contribution in [2.75, 3.05) is 18.0 Å². The Kier molecular flexibility index (Phi) is 3.77. The normalized spacial score (nSPS) is 22.0. The van der Waals surface area contributed by atoms with E-state index in [-0.39, 0.29) is 16.9 Å². The molecule has 1 spiro atoms. The van der Waals surface area contributed by atoms with Gasteiger partial charge in [0.15, 0.2) is 0 Å². The van der Waals surface area contributed by atoms with Crippen LogP contribution in [0.1, 0.15) is 45.1 Å². The Hall–Kier alpha value is -2.13. The number of nitrogens with zero attached hydrogens (tertiary/aromatic N) is 3. The predicted octanol–water partition coefficient (Wildman–Crippen LogP) is 3.39. The van der Waals surface area contributed by atoms with Gasteiger partial charge >= 0.3 is 0 Å². The van der Waals surface area contributed by atoms with E-state index >= 15 is 0 Å². The summed E-state index contributed by atoms with van der Waals surface area (Å²) >= 11 is 0. The number of ether oxygens (including phenoxy) is 1. The molecule has 0 N–H and O–H groups in total. The van der Waals surface area contributed by atoms with Crippen LogP contribution in [-0.2, 0) is 4.74 Å². The zero-order chi connectivity index (χ0) is 16.7. The van der Waals surface area contributed by atoms with Crippen LogP contribution >= 0.6 is 0 Å². The van der Waals surface area contributed by atoms with Gasteiger partial charge in [-0.3, -0.25) is 10.1 Å². The number of hydrogen-bond donors (Lipinski definition) is 0. The van der Waals surface area contributed by atoms with Crippen LogP contribution in [0, 0.1) is 21.4 Å². The summed E-state index contributed by atoms with van der Waals surface area (Å²) in [5, 5.41) is 20.4. The Balaban J connectivity index is 2.00. The van der Waals surface area contributed by atoms with Gasteiger partial charge in [-0.05, 0) is 38.8 Å². The molecule has 2 fully saturated rings. The molecule has 23 heavy (non-hydrogen) atoms. The molecule has 3 rings (SSSR count). The van der Waals surface area contributed by atoms with Gasteiger partial charge in [0.1, 0.15) is 5.69 Å². The summed E-state index contributed by atoms with van der Waals surface area (Å²) in [6, 6.07) is 6.67. The second kappa shape index (κ2) is 5.50. The second-order valence-corrected chi connectivity index (χ2v) is 7.18. The molecule has 1 aromatic carbocycles. The van der Waals surface area contributed by atoms with Gasteiger partial charge in [-0.2, -0.15) is 5.26 Å². The third-order valence-electron chi connectivity index (χ3n) is 4.70. The van der Waals surface area contributed by atoms with E-state index in [9.17, 15) is 10.1 Å². The topological polar surface area (TPSA) is 79.4 Å². The van der Waals surface area contributed by atoms with Crippen LogP contribution in [-0.4, -0.2) is 29.2 Å². The molecule has 0 amide bonds. The van der Waals surface area contributed by atoms with E-state index in [1.807, 2.05) is 19.9 Å². The fourth-order valence-corrected chi connectivity index (χ4v) is 3.97. The monoisotopic (exact) mass is 315 g/mol. The Morgan fingerprint density at radius 3 is 2.61 bits per heavy atom. The van der Waals surface area contributed by atoms with Gasteiger partial charge in [0.05, 0.1) is 27.8 Å². The van der Waals surface area contributed by atoms with Crippen molar-refractivity contribution in [3.63, 3.8) is 0 Å². The van der Waals surface area contributed by atoms with Gasteiger partial charge in [-0.25, -0.2) is 0 Å². The van der Waals surface area contributed by atoms with Crippen molar-refractivity contribution < 1.29 is 9.66 Å². The minimum absolute atomic E-state index is 0.00473. The summed E-state index contributed by atoms with van der Waals surface area (Å²) in [5.41, 5.74) is 0.323. The van der Waals surface area contributed by atoms with Crippen LogP contribution in [0.25, 0.3) is 0 Å².